The molecule has 4 heteroatoms. The van der Waals surface area contributed by atoms with Crippen LogP contribution in [0.2, 0.25) is 0 Å². The van der Waals surface area contributed by atoms with E-state index < -0.39 is 6.67 Å². The zero-order valence-corrected chi connectivity index (χ0v) is 5.57. The number of aromatic nitrogens is 2. The van der Waals surface area contributed by atoms with Gasteiger partial charge in [-0.15, -0.1) is 0 Å². The number of imidazole rings is 1. The Morgan fingerprint density at radius 2 is 2.62 bits per heavy atom. The summed E-state index contributed by atoms with van der Waals surface area (Å²) in [5.41, 5.74) is 0. The summed E-state index contributed by atoms with van der Waals surface area (Å²) in [4.78, 5) is 6.31. The average molecular weight is 179 g/mol. The van der Waals surface area contributed by atoms with Crippen LogP contribution >= 0.6 is 15.9 Å². The molecule has 0 spiro atoms. The second kappa shape index (κ2) is 2.26. The van der Waals surface area contributed by atoms with Crippen LogP contribution in [0.25, 0.3) is 0 Å². The van der Waals surface area contributed by atoms with Crippen LogP contribution in [0.15, 0.2) is 10.8 Å². The van der Waals surface area contributed by atoms with Gasteiger partial charge in [0, 0.05) is 0 Å². The molecule has 0 radical (unpaired) electrons. The number of halogens is 2. The third-order valence-electron chi connectivity index (χ3n) is 0.724. The van der Waals surface area contributed by atoms with E-state index in [1.165, 1.54) is 6.20 Å². The topological polar surface area (TPSA) is 28.7 Å². The van der Waals surface area contributed by atoms with E-state index in [0.29, 0.717) is 10.4 Å². The molecule has 44 valence electrons. The maximum Gasteiger partial charge on any atom is 0.147 e. The molecule has 0 bridgehead atoms. The van der Waals surface area contributed by atoms with Gasteiger partial charge in [-0.1, -0.05) is 0 Å². The maximum absolute atomic E-state index is 11.6. The Bertz CT molecular complexity index is 174. The van der Waals surface area contributed by atoms with Crippen LogP contribution in [0.5, 0.6) is 0 Å². The lowest BCUT2D eigenvalue weighted by atomic mass is 10.7. The molecule has 8 heavy (non-hydrogen) atoms. The minimum atomic E-state index is -0.536. The zero-order valence-electron chi connectivity index (χ0n) is 3.99. The van der Waals surface area contributed by atoms with Crippen molar-refractivity contribution in [3.05, 3.63) is 16.6 Å². The molecular formula is C4H4BrFN2. The molecule has 0 saturated heterocycles. The summed E-state index contributed by atoms with van der Waals surface area (Å²) < 4.78 is 12.3. The molecular weight excluding hydrogens is 175 g/mol. The fourth-order valence-corrected chi connectivity index (χ4v) is 0.736. The van der Waals surface area contributed by atoms with Gasteiger partial charge in [0.05, 0.1) is 6.20 Å². The van der Waals surface area contributed by atoms with Crippen molar-refractivity contribution < 1.29 is 4.39 Å². The van der Waals surface area contributed by atoms with E-state index >= 15 is 0 Å². The minimum Gasteiger partial charge on any atom is -0.335 e. The van der Waals surface area contributed by atoms with Crippen molar-refractivity contribution >= 4 is 15.9 Å². The molecule has 0 amide bonds. The van der Waals surface area contributed by atoms with Crippen LogP contribution in [-0.2, 0) is 6.67 Å². The Labute approximate surface area is 54.3 Å². The van der Waals surface area contributed by atoms with Gasteiger partial charge >= 0.3 is 0 Å². The number of H-pyrrole nitrogens is 1. The summed E-state index contributed by atoms with van der Waals surface area (Å²) in [5, 5.41) is 0. The first-order valence-corrected chi connectivity index (χ1v) is 2.87. The van der Waals surface area contributed by atoms with E-state index in [1.807, 2.05) is 0 Å². The summed E-state index contributed by atoms with van der Waals surface area (Å²) in [6.07, 6.45) is 1.52. The van der Waals surface area contributed by atoms with E-state index in [4.69, 9.17) is 0 Å². The average Bonchev–Trinajstić information content (AvgIpc) is 2.14. The van der Waals surface area contributed by atoms with Crippen molar-refractivity contribution in [3.8, 4) is 0 Å². The molecule has 1 aromatic heterocycles. The number of nitrogens with one attached hydrogen (secondary N) is 1. The van der Waals surface area contributed by atoms with Gasteiger partial charge in [-0.2, -0.15) is 0 Å². The molecule has 0 atom stereocenters. The SMILES string of the molecule is FCc1ncc(Br)[nH]1. The third-order valence-corrected chi connectivity index (χ3v) is 1.13. The van der Waals surface area contributed by atoms with Crippen LogP contribution in [0, 0.1) is 0 Å². The van der Waals surface area contributed by atoms with E-state index in [9.17, 15) is 4.39 Å². The van der Waals surface area contributed by atoms with E-state index in [2.05, 4.69) is 25.9 Å². The summed E-state index contributed by atoms with van der Waals surface area (Å²) >= 11 is 3.09. The van der Waals surface area contributed by atoms with Gasteiger partial charge < -0.3 is 4.98 Å². The third kappa shape index (κ3) is 1.06. The van der Waals surface area contributed by atoms with Crippen molar-refractivity contribution in [2.45, 2.75) is 6.67 Å². The van der Waals surface area contributed by atoms with E-state index in [-0.39, 0.29) is 0 Å². The van der Waals surface area contributed by atoms with Crippen molar-refractivity contribution in [1.82, 2.24) is 9.97 Å². The largest absolute Gasteiger partial charge is 0.335 e. The predicted octanol–water partition coefficient (Wildman–Crippen LogP) is 1.64. The fourth-order valence-electron chi connectivity index (χ4n) is 0.405. The van der Waals surface area contributed by atoms with E-state index in [1.54, 1.807) is 0 Å². The molecule has 0 aliphatic rings. The normalized spacial score (nSPS) is 9.75. The minimum absolute atomic E-state index is 0.358. The standard InChI is InChI=1S/C4H4BrFN2/c5-3-2-7-4(1-6)8-3/h2H,1H2,(H,7,8). The Hall–Kier alpha value is -0.380. The first-order valence-electron chi connectivity index (χ1n) is 2.08. The van der Waals surface area contributed by atoms with Gasteiger partial charge in [0.25, 0.3) is 0 Å². The smallest absolute Gasteiger partial charge is 0.147 e. The Kier molecular flexibility index (Phi) is 1.62. The lowest BCUT2D eigenvalue weighted by Gasteiger charge is -1.78. The molecule has 1 aromatic rings. The molecule has 1 rings (SSSR count). The molecule has 0 saturated carbocycles. The van der Waals surface area contributed by atoms with E-state index in [0.717, 1.165) is 0 Å². The summed E-state index contributed by atoms with van der Waals surface area (Å²) in [5.74, 6) is 0.358. The Morgan fingerprint density at radius 1 is 1.88 bits per heavy atom. The van der Waals surface area contributed by atoms with Crippen LogP contribution in [0.4, 0.5) is 4.39 Å². The van der Waals surface area contributed by atoms with Crippen molar-refractivity contribution in [2.75, 3.05) is 0 Å². The highest BCUT2D eigenvalue weighted by atomic mass is 79.9. The number of hydrogen-bond donors (Lipinski definition) is 1. The quantitative estimate of drug-likeness (QED) is 0.697. The van der Waals surface area contributed by atoms with Crippen LogP contribution in [0.3, 0.4) is 0 Å². The monoisotopic (exact) mass is 178 g/mol. The number of nitrogens with zero attached hydrogens (tertiary/aromatic N) is 1. The molecule has 0 aromatic carbocycles. The fraction of sp³-hybridized carbons (Fsp3) is 0.250. The molecule has 0 aliphatic heterocycles. The lowest BCUT2D eigenvalue weighted by molar-refractivity contribution is 0.468. The van der Waals surface area contributed by atoms with Crippen molar-refractivity contribution in [3.63, 3.8) is 0 Å². The number of rotatable bonds is 1. The first kappa shape index (κ1) is 5.75. The Morgan fingerprint density at radius 3 is 2.88 bits per heavy atom. The van der Waals surface area contributed by atoms with Crippen LogP contribution < -0.4 is 0 Å². The number of hydrogen-bond acceptors (Lipinski definition) is 1. The van der Waals surface area contributed by atoms with Crippen molar-refractivity contribution in [2.24, 2.45) is 0 Å². The van der Waals surface area contributed by atoms with Gasteiger partial charge in [-0.05, 0) is 15.9 Å². The maximum atomic E-state index is 11.6. The predicted molar refractivity (Wildman–Crippen MR) is 31.1 cm³/mol. The molecule has 0 unspecified atom stereocenters. The molecule has 1 N–H and O–H groups in total. The number of aromatic amines is 1. The van der Waals surface area contributed by atoms with Gasteiger partial charge in [0.15, 0.2) is 0 Å². The summed E-state index contributed by atoms with van der Waals surface area (Å²) in [7, 11) is 0. The highest BCUT2D eigenvalue weighted by Gasteiger charge is 1.93. The molecule has 0 aliphatic carbocycles. The molecule has 1 heterocycles. The van der Waals surface area contributed by atoms with Crippen LogP contribution in [-0.4, -0.2) is 9.97 Å². The molecule has 0 fully saturated rings. The van der Waals surface area contributed by atoms with Gasteiger partial charge in [-0.3, -0.25) is 0 Å². The lowest BCUT2D eigenvalue weighted by Crippen LogP contribution is -1.77. The number of alkyl halides is 1. The van der Waals surface area contributed by atoms with Gasteiger partial charge in [-0.25, -0.2) is 9.37 Å². The highest BCUT2D eigenvalue weighted by molar-refractivity contribution is 9.10. The second-order valence-corrected chi connectivity index (χ2v) is 2.17. The summed E-state index contributed by atoms with van der Waals surface area (Å²) in [6, 6.07) is 0. The van der Waals surface area contributed by atoms with Crippen molar-refractivity contribution in [1.29, 1.82) is 0 Å². The Balaban J connectivity index is 2.84. The first-order chi connectivity index (χ1) is 3.83. The van der Waals surface area contributed by atoms with Gasteiger partial charge in [0.1, 0.15) is 17.1 Å². The van der Waals surface area contributed by atoms with Crippen LogP contribution in [0.1, 0.15) is 5.82 Å². The highest BCUT2D eigenvalue weighted by Crippen LogP contribution is 2.04. The van der Waals surface area contributed by atoms with Gasteiger partial charge in [0.2, 0.25) is 0 Å². The summed E-state index contributed by atoms with van der Waals surface area (Å²) in [6.45, 7) is -0.536. The second-order valence-electron chi connectivity index (χ2n) is 1.31. The zero-order chi connectivity index (χ0) is 5.98. The molecule has 2 nitrogen and oxygen atoms in total.